The summed E-state index contributed by atoms with van der Waals surface area (Å²) in [5.74, 6) is -0.598. The predicted octanol–water partition coefficient (Wildman–Crippen LogP) is 2.60. The minimum Gasteiger partial charge on any atom is -0.379 e. The van der Waals surface area contributed by atoms with E-state index in [1.165, 1.54) is 0 Å². The Hall–Kier alpha value is -2.96. The maximum absolute atomic E-state index is 12.8. The molecule has 0 atom stereocenters. The summed E-state index contributed by atoms with van der Waals surface area (Å²) in [6, 6.07) is 16.7. The molecule has 1 saturated heterocycles. The predicted molar refractivity (Wildman–Crippen MR) is 118 cm³/mol. The van der Waals surface area contributed by atoms with Crippen LogP contribution < -0.4 is 10.6 Å². The van der Waals surface area contributed by atoms with Gasteiger partial charge in [-0.1, -0.05) is 48.0 Å². The van der Waals surface area contributed by atoms with Crippen molar-refractivity contribution < 1.29 is 14.3 Å². The van der Waals surface area contributed by atoms with Crippen molar-refractivity contribution in [2.75, 3.05) is 39.4 Å². The zero-order chi connectivity index (χ0) is 21.2. The van der Waals surface area contributed by atoms with Crippen LogP contribution in [0.1, 0.15) is 27.9 Å². The van der Waals surface area contributed by atoms with Gasteiger partial charge >= 0.3 is 0 Å². The van der Waals surface area contributed by atoms with Gasteiger partial charge in [0.1, 0.15) is 5.70 Å². The summed E-state index contributed by atoms with van der Waals surface area (Å²) < 4.78 is 5.35. The van der Waals surface area contributed by atoms with Crippen molar-refractivity contribution >= 4 is 17.9 Å². The third-order valence-corrected chi connectivity index (χ3v) is 4.96. The molecule has 0 spiro atoms. The van der Waals surface area contributed by atoms with Crippen molar-refractivity contribution in [3.8, 4) is 0 Å². The van der Waals surface area contributed by atoms with Gasteiger partial charge in [0, 0.05) is 25.2 Å². The van der Waals surface area contributed by atoms with Gasteiger partial charge in [-0.3, -0.25) is 14.5 Å². The SMILES string of the molecule is Cc1ccc(/C=C(/NC(=O)c2ccccc2)C(=O)NCCCN2CCOCC2)cc1. The number of benzene rings is 2. The maximum Gasteiger partial charge on any atom is 0.267 e. The van der Waals surface area contributed by atoms with E-state index in [-0.39, 0.29) is 17.5 Å². The van der Waals surface area contributed by atoms with Crippen LogP contribution in [0.2, 0.25) is 0 Å². The fourth-order valence-electron chi connectivity index (χ4n) is 3.20. The summed E-state index contributed by atoms with van der Waals surface area (Å²) in [7, 11) is 0. The summed E-state index contributed by atoms with van der Waals surface area (Å²) in [4.78, 5) is 27.7. The smallest absolute Gasteiger partial charge is 0.267 e. The molecule has 1 aliphatic heterocycles. The Balaban J connectivity index is 1.62. The third kappa shape index (κ3) is 6.83. The number of amides is 2. The van der Waals surface area contributed by atoms with E-state index >= 15 is 0 Å². The molecule has 158 valence electrons. The Kier molecular flexibility index (Phi) is 8.18. The van der Waals surface area contributed by atoms with E-state index in [9.17, 15) is 9.59 Å². The second-order valence-electron chi connectivity index (χ2n) is 7.35. The van der Waals surface area contributed by atoms with E-state index in [0.717, 1.165) is 50.4 Å². The lowest BCUT2D eigenvalue weighted by atomic mass is 10.1. The molecule has 1 aliphatic rings. The number of ether oxygens (including phenoxy) is 1. The fraction of sp³-hybridized carbons (Fsp3) is 0.333. The molecule has 0 bridgehead atoms. The first kappa shape index (κ1) is 21.7. The number of morpholine rings is 1. The lowest BCUT2D eigenvalue weighted by Gasteiger charge is -2.26. The lowest BCUT2D eigenvalue weighted by Crippen LogP contribution is -2.39. The first-order valence-corrected chi connectivity index (χ1v) is 10.3. The van der Waals surface area contributed by atoms with Gasteiger partial charge in [0.05, 0.1) is 13.2 Å². The van der Waals surface area contributed by atoms with Crippen molar-refractivity contribution in [1.29, 1.82) is 0 Å². The lowest BCUT2D eigenvalue weighted by molar-refractivity contribution is -0.117. The van der Waals surface area contributed by atoms with Crippen molar-refractivity contribution in [3.05, 3.63) is 77.0 Å². The summed E-state index contributed by atoms with van der Waals surface area (Å²) in [6.45, 7) is 6.86. The van der Waals surface area contributed by atoms with Crippen LogP contribution in [-0.4, -0.2) is 56.1 Å². The van der Waals surface area contributed by atoms with Crippen LogP contribution in [-0.2, 0) is 9.53 Å². The normalized spacial score (nSPS) is 14.9. The highest BCUT2D eigenvalue weighted by atomic mass is 16.5. The first-order chi connectivity index (χ1) is 14.6. The van der Waals surface area contributed by atoms with Crippen molar-refractivity contribution in [2.24, 2.45) is 0 Å². The number of hydrogen-bond acceptors (Lipinski definition) is 4. The van der Waals surface area contributed by atoms with Gasteiger partial charge < -0.3 is 15.4 Å². The first-order valence-electron chi connectivity index (χ1n) is 10.3. The Morgan fingerprint density at radius 1 is 1.03 bits per heavy atom. The van der Waals surface area contributed by atoms with Gasteiger partial charge in [0.15, 0.2) is 0 Å². The number of nitrogens with zero attached hydrogens (tertiary/aromatic N) is 1. The average molecular weight is 408 g/mol. The van der Waals surface area contributed by atoms with Crippen LogP contribution in [0.5, 0.6) is 0 Å². The van der Waals surface area contributed by atoms with Crippen LogP contribution in [0.15, 0.2) is 60.3 Å². The van der Waals surface area contributed by atoms with E-state index in [2.05, 4.69) is 15.5 Å². The Bertz CT molecular complexity index is 857. The van der Waals surface area contributed by atoms with E-state index < -0.39 is 0 Å². The molecule has 0 aliphatic carbocycles. The minimum absolute atomic E-state index is 0.235. The molecule has 2 aromatic carbocycles. The monoisotopic (exact) mass is 407 g/mol. The number of aryl methyl sites for hydroxylation is 1. The molecule has 1 fully saturated rings. The van der Waals surface area contributed by atoms with E-state index in [4.69, 9.17) is 4.74 Å². The standard InChI is InChI=1S/C24H29N3O3/c1-19-8-10-20(11-9-19)18-22(26-23(28)21-6-3-2-4-7-21)24(29)25-12-5-13-27-14-16-30-17-15-27/h2-4,6-11,18H,5,12-17H2,1H3,(H,25,29)(H,26,28)/b22-18+. The molecule has 1 heterocycles. The molecule has 2 N–H and O–H groups in total. The van der Waals surface area contributed by atoms with Crippen LogP contribution in [0, 0.1) is 6.92 Å². The highest BCUT2D eigenvalue weighted by Crippen LogP contribution is 2.09. The minimum atomic E-state index is -0.308. The molecule has 6 heteroatoms. The second-order valence-corrected chi connectivity index (χ2v) is 7.35. The molecular formula is C24H29N3O3. The Morgan fingerprint density at radius 3 is 2.43 bits per heavy atom. The molecule has 30 heavy (non-hydrogen) atoms. The third-order valence-electron chi connectivity index (χ3n) is 4.96. The maximum atomic E-state index is 12.8. The summed E-state index contributed by atoms with van der Waals surface area (Å²) in [5.41, 5.74) is 2.73. The zero-order valence-corrected chi connectivity index (χ0v) is 17.4. The van der Waals surface area contributed by atoms with E-state index in [0.29, 0.717) is 12.1 Å². The topological polar surface area (TPSA) is 70.7 Å². The molecule has 0 radical (unpaired) electrons. The van der Waals surface area contributed by atoms with Crippen molar-refractivity contribution in [1.82, 2.24) is 15.5 Å². The number of rotatable bonds is 8. The summed E-state index contributed by atoms with van der Waals surface area (Å²) in [6.07, 6.45) is 2.55. The number of carbonyl (C=O) groups excluding carboxylic acids is 2. The van der Waals surface area contributed by atoms with Gasteiger partial charge in [-0.2, -0.15) is 0 Å². The Morgan fingerprint density at radius 2 is 1.73 bits per heavy atom. The second kappa shape index (κ2) is 11.3. The van der Waals surface area contributed by atoms with Crippen molar-refractivity contribution in [2.45, 2.75) is 13.3 Å². The molecule has 2 amide bonds. The van der Waals surface area contributed by atoms with Crippen LogP contribution in [0.3, 0.4) is 0 Å². The highest BCUT2D eigenvalue weighted by Gasteiger charge is 2.15. The largest absolute Gasteiger partial charge is 0.379 e. The summed E-state index contributed by atoms with van der Waals surface area (Å²) in [5, 5.41) is 5.70. The molecule has 3 rings (SSSR count). The van der Waals surface area contributed by atoms with Crippen molar-refractivity contribution in [3.63, 3.8) is 0 Å². The van der Waals surface area contributed by atoms with Gasteiger partial charge in [-0.25, -0.2) is 0 Å². The van der Waals surface area contributed by atoms with Gasteiger partial charge in [-0.15, -0.1) is 0 Å². The van der Waals surface area contributed by atoms with Gasteiger partial charge in [0.25, 0.3) is 11.8 Å². The molecule has 0 aromatic heterocycles. The van der Waals surface area contributed by atoms with E-state index in [1.54, 1.807) is 30.3 Å². The number of hydrogen-bond donors (Lipinski definition) is 2. The average Bonchev–Trinajstić information content (AvgIpc) is 2.79. The molecular weight excluding hydrogens is 378 g/mol. The molecule has 6 nitrogen and oxygen atoms in total. The Labute approximate surface area is 177 Å². The van der Waals surface area contributed by atoms with E-state index in [1.807, 2.05) is 37.3 Å². The summed E-state index contributed by atoms with van der Waals surface area (Å²) >= 11 is 0. The highest BCUT2D eigenvalue weighted by molar-refractivity contribution is 6.05. The van der Waals surface area contributed by atoms with Gasteiger partial charge in [0.2, 0.25) is 0 Å². The number of carbonyl (C=O) groups is 2. The molecule has 0 unspecified atom stereocenters. The number of nitrogens with one attached hydrogen (secondary N) is 2. The zero-order valence-electron chi connectivity index (χ0n) is 17.4. The molecule has 2 aromatic rings. The fourth-order valence-corrected chi connectivity index (χ4v) is 3.20. The van der Waals surface area contributed by atoms with Gasteiger partial charge in [-0.05, 0) is 43.7 Å². The van der Waals surface area contributed by atoms with Crippen LogP contribution in [0.4, 0.5) is 0 Å². The molecule has 0 saturated carbocycles. The van der Waals surface area contributed by atoms with Crippen LogP contribution >= 0.6 is 0 Å². The quantitative estimate of drug-likeness (QED) is 0.521. The van der Waals surface area contributed by atoms with Crippen LogP contribution in [0.25, 0.3) is 6.08 Å².